The smallest absolute Gasteiger partial charge is 0.416 e. The van der Waals surface area contributed by atoms with Crippen molar-refractivity contribution in [1.82, 2.24) is 10.6 Å². The van der Waals surface area contributed by atoms with Crippen LogP contribution in [-0.4, -0.2) is 36.6 Å². The Morgan fingerprint density at radius 2 is 1.62 bits per heavy atom. The van der Waals surface area contributed by atoms with Crippen molar-refractivity contribution in [3.63, 3.8) is 0 Å². The van der Waals surface area contributed by atoms with E-state index in [9.17, 15) is 41.0 Å². The lowest BCUT2D eigenvalue weighted by atomic mass is 9.67. The van der Waals surface area contributed by atoms with E-state index in [1.807, 2.05) is 0 Å². The van der Waals surface area contributed by atoms with Gasteiger partial charge in [-0.25, -0.2) is 0 Å². The van der Waals surface area contributed by atoms with Gasteiger partial charge in [0.1, 0.15) is 5.75 Å². The van der Waals surface area contributed by atoms with Crippen molar-refractivity contribution in [3.8, 4) is 5.75 Å². The molecule has 228 valence electrons. The number of alkyl halides is 6. The number of nitrogens with one attached hydrogen (secondary N) is 3. The fraction of sp³-hybridized carbons (Fsp3) is 0.517. The number of hydrogen-bond acceptors (Lipinski definition) is 5. The quantitative estimate of drug-likeness (QED) is 0.316. The zero-order chi connectivity index (χ0) is 30.3. The normalized spacial score (nSPS) is 20.1. The first kappa shape index (κ1) is 30.1. The summed E-state index contributed by atoms with van der Waals surface area (Å²) >= 11 is 0. The number of ether oxygens (including phenoxy) is 1. The fourth-order valence-electron chi connectivity index (χ4n) is 5.90. The zero-order valence-electron chi connectivity index (χ0n) is 22.6. The van der Waals surface area contributed by atoms with Crippen molar-refractivity contribution >= 4 is 17.5 Å². The molecule has 1 atom stereocenters. The van der Waals surface area contributed by atoms with Crippen molar-refractivity contribution < 1.29 is 45.8 Å². The van der Waals surface area contributed by atoms with E-state index in [-0.39, 0.29) is 36.5 Å². The number of carbonyl (C=O) groups is 2. The Morgan fingerprint density at radius 1 is 0.976 bits per heavy atom. The molecule has 2 aliphatic heterocycles. The molecule has 1 unspecified atom stereocenters. The summed E-state index contributed by atoms with van der Waals surface area (Å²) in [6.45, 7) is 0.182. The van der Waals surface area contributed by atoms with Gasteiger partial charge in [0.2, 0.25) is 5.91 Å². The van der Waals surface area contributed by atoms with Crippen molar-refractivity contribution in [2.45, 2.75) is 63.0 Å². The summed E-state index contributed by atoms with van der Waals surface area (Å²) < 4.78 is 85.5. The van der Waals surface area contributed by atoms with Gasteiger partial charge in [-0.1, -0.05) is 18.9 Å². The van der Waals surface area contributed by atoms with Crippen LogP contribution in [0.4, 0.5) is 32.0 Å². The largest absolute Gasteiger partial charge is 0.482 e. The Morgan fingerprint density at radius 3 is 2.21 bits per heavy atom. The minimum atomic E-state index is -5.00. The Labute approximate surface area is 238 Å². The topological polar surface area (TPSA) is 99.7 Å². The molecule has 2 aromatic carbocycles. The molecule has 13 heteroatoms. The van der Waals surface area contributed by atoms with Crippen molar-refractivity contribution in [1.29, 1.82) is 0 Å². The number of carbonyl (C=O) groups excluding carboxylic acids is 2. The molecule has 5 rings (SSSR count). The number of aliphatic hydroxyl groups is 1. The second-order valence-electron chi connectivity index (χ2n) is 11.5. The van der Waals surface area contributed by atoms with Crippen molar-refractivity contribution in [3.05, 3.63) is 58.7 Å². The number of fused-ring (bicyclic) bond motifs is 1. The number of halogens is 6. The lowest BCUT2D eigenvalue weighted by molar-refractivity contribution is -0.143. The highest BCUT2D eigenvalue weighted by Gasteiger charge is 2.49. The van der Waals surface area contributed by atoms with E-state index in [0.29, 0.717) is 61.5 Å². The number of piperidine rings is 1. The van der Waals surface area contributed by atoms with Gasteiger partial charge in [0.25, 0.3) is 5.91 Å². The summed E-state index contributed by atoms with van der Waals surface area (Å²) in [7, 11) is 0. The van der Waals surface area contributed by atoms with Crippen LogP contribution in [0.3, 0.4) is 0 Å². The van der Waals surface area contributed by atoms with Crippen LogP contribution in [0.1, 0.15) is 60.8 Å². The molecule has 2 aromatic rings. The van der Waals surface area contributed by atoms with Gasteiger partial charge in [0.15, 0.2) is 6.61 Å². The third-order valence-electron chi connectivity index (χ3n) is 8.25. The average Bonchev–Trinajstić information content (AvgIpc) is 3.74. The molecule has 7 nitrogen and oxygen atoms in total. The van der Waals surface area contributed by atoms with Crippen LogP contribution >= 0.6 is 0 Å². The summed E-state index contributed by atoms with van der Waals surface area (Å²) in [6.07, 6.45) is -7.26. The Bertz CT molecular complexity index is 1320. The van der Waals surface area contributed by atoms with Crippen LogP contribution in [0, 0.1) is 11.3 Å². The molecular formula is C29H31F6N3O4. The highest BCUT2D eigenvalue weighted by molar-refractivity contribution is 5.95. The predicted octanol–water partition coefficient (Wildman–Crippen LogP) is 5.12. The third-order valence-corrected chi connectivity index (χ3v) is 8.25. The maximum absolute atomic E-state index is 13.8. The Kier molecular flexibility index (Phi) is 7.94. The molecule has 42 heavy (non-hydrogen) atoms. The molecule has 4 N–H and O–H groups in total. The molecule has 0 radical (unpaired) electrons. The predicted molar refractivity (Wildman–Crippen MR) is 139 cm³/mol. The zero-order valence-corrected chi connectivity index (χ0v) is 22.6. The maximum atomic E-state index is 13.8. The van der Waals surface area contributed by atoms with Gasteiger partial charge >= 0.3 is 12.4 Å². The summed E-state index contributed by atoms with van der Waals surface area (Å²) in [5.41, 5.74) is -5.02. The van der Waals surface area contributed by atoms with E-state index in [4.69, 9.17) is 4.74 Å². The van der Waals surface area contributed by atoms with E-state index in [1.54, 1.807) is 18.2 Å². The fourth-order valence-corrected chi connectivity index (χ4v) is 5.90. The molecule has 2 heterocycles. The van der Waals surface area contributed by atoms with E-state index in [0.717, 1.165) is 12.8 Å². The van der Waals surface area contributed by atoms with Crippen LogP contribution in [0.2, 0.25) is 0 Å². The first-order valence-corrected chi connectivity index (χ1v) is 13.7. The second-order valence-corrected chi connectivity index (χ2v) is 11.5. The lowest BCUT2D eigenvalue weighted by Crippen LogP contribution is -2.51. The van der Waals surface area contributed by atoms with Crippen LogP contribution in [-0.2, 0) is 34.1 Å². The SMILES string of the molecule is O=C1COc2ccc(C(O)(CC3CC3)CC3(C(=O)NCc4cc(C(F)(F)F)cc(C(F)(F)F)c4)CCNCC3)cc2N1. The number of benzene rings is 2. The highest BCUT2D eigenvalue weighted by atomic mass is 19.4. The summed E-state index contributed by atoms with van der Waals surface area (Å²) in [4.78, 5) is 25.7. The van der Waals surface area contributed by atoms with Gasteiger partial charge in [-0.3, -0.25) is 9.59 Å². The molecular weight excluding hydrogens is 568 g/mol. The minimum absolute atomic E-state index is 0.0198. The van der Waals surface area contributed by atoms with Gasteiger partial charge in [0.05, 0.1) is 27.8 Å². The molecule has 1 saturated carbocycles. The Hall–Kier alpha value is -3.32. The number of hydrogen-bond donors (Lipinski definition) is 4. The van der Waals surface area contributed by atoms with Gasteiger partial charge in [-0.2, -0.15) is 26.3 Å². The van der Waals surface area contributed by atoms with Gasteiger partial charge in [0, 0.05) is 6.54 Å². The third kappa shape index (κ3) is 6.67. The van der Waals surface area contributed by atoms with Gasteiger partial charge in [-0.15, -0.1) is 0 Å². The van der Waals surface area contributed by atoms with Crippen LogP contribution in [0.5, 0.6) is 5.75 Å². The van der Waals surface area contributed by atoms with E-state index < -0.39 is 46.9 Å². The lowest BCUT2D eigenvalue weighted by Gasteiger charge is -2.43. The summed E-state index contributed by atoms with van der Waals surface area (Å²) in [5.74, 6) is -0.230. The summed E-state index contributed by atoms with van der Waals surface area (Å²) in [6, 6.07) is 6.19. The summed E-state index contributed by atoms with van der Waals surface area (Å²) in [5, 5.41) is 20.6. The molecule has 2 fully saturated rings. The molecule has 1 saturated heterocycles. The van der Waals surface area contributed by atoms with Crippen molar-refractivity contribution in [2.75, 3.05) is 25.0 Å². The van der Waals surface area contributed by atoms with Crippen molar-refractivity contribution in [2.24, 2.45) is 11.3 Å². The van der Waals surface area contributed by atoms with Crippen LogP contribution < -0.4 is 20.7 Å². The highest BCUT2D eigenvalue weighted by Crippen LogP contribution is 2.49. The number of rotatable bonds is 8. The molecule has 1 aliphatic carbocycles. The molecule has 3 aliphatic rings. The van der Waals surface area contributed by atoms with Crippen LogP contribution in [0.25, 0.3) is 0 Å². The molecule has 0 spiro atoms. The van der Waals surface area contributed by atoms with Gasteiger partial charge < -0.3 is 25.8 Å². The van der Waals surface area contributed by atoms with E-state index in [2.05, 4.69) is 16.0 Å². The molecule has 2 amide bonds. The molecule has 0 aromatic heterocycles. The number of anilines is 1. The van der Waals surface area contributed by atoms with E-state index in [1.165, 1.54) is 0 Å². The first-order chi connectivity index (χ1) is 19.7. The van der Waals surface area contributed by atoms with Crippen LogP contribution in [0.15, 0.2) is 36.4 Å². The maximum Gasteiger partial charge on any atom is 0.416 e. The monoisotopic (exact) mass is 599 g/mol. The second kappa shape index (κ2) is 11.1. The minimum Gasteiger partial charge on any atom is -0.482 e. The molecule has 0 bridgehead atoms. The van der Waals surface area contributed by atoms with E-state index >= 15 is 0 Å². The Balaban J connectivity index is 1.42. The average molecular weight is 600 g/mol. The standard InChI is InChI=1S/C29H31F6N3O4/c30-28(31,32)20-9-18(10-21(11-20)29(33,34)35)14-37-25(40)26(5-7-36-8-6-26)16-27(41,13-17-1-2-17)19-3-4-23-22(12-19)38-24(39)15-42-23/h3-4,9-12,17,36,41H,1-2,5-8,13-16H2,(H,37,40)(H,38,39). The van der Waals surface area contributed by atoms with Gasteiger partial charge in [-0.05, 0) is 86.1 Å². The first-order valence-electron chi connectivity index (χ1n) is 13.7. The number of amides is 2.